The molecule has 3 N–H and O–H groups in total. The monoisotopic (exact) mass is 559 g/mol. The van der Waals surface area contributed by atoms with E-state index in [-0.39, 0.29) is 6.03 Å². The molecule has 2 amide bonds. The number of thiazole rings is 1. The number of aliphatic hydroxyl groups is 1. The van der Waals surface area contributed by atoms with Crippen LogP contribution in [0, 0.1) is 5.41 Å². The summed E-state index contributed by atoms with van der Waals surface area (Å²) in [5.74, 6) is 0.370. The van der Waals surface area contributed by atoms with Gasteiger partial charge in [-0.25, -0.2) is 19.7 Å². The number of aromatic nitrogens is 4. The van der Waals surface area contributed by atoms with Gasteiger partial charge in [0.05, 0.1) is 29.1 Å². The third-order valence-corrected chi connectivity index (χ3v) is 8.69. The van der Waals surface area contributed by atoms with Crippen molar-refractivity contribution < 1.29 is 14.6 Å². The van der Waals surface area contributed by atoms with Crippen molar-refractivity contribution in [2.75, 3.05) is 38.2 Å². The molecule has 40 heavy (non-hydrogen) atoms. The number of carbonyl (C=O) groups excluding carboxylic acids is 1. The molecular formula is C29H33N7O3S. The number of urea groups is 1. The lowest BCUT2D eigenvalue weighted by atomic mass is 9.77. The van der Waals surface area contributed by atoms with E-state index in [1.54, 1.807) is 19.3 Å². The first kappa shape index (κ1) is 26.7. The second-order valence-corrected chi connectivity index (χ2v) is 11.7. The van der Waals surface area contributed by atoms with Crippen molar-refractivity contribution in [3.8, 4) is 22.4 Å². The van der Waals surface area contributed by atoms with Crippen LogP contribution in [-0.2, 0) is 11.3 Å². The van der Waals surface area contributed by atoms with Crippen molar-refractivity contribution in [3.63, 3.8) is 0 Å². The van der Waals surface area contributed by atoms with E-state index in [0.29, 0.717) is 22.9 Å². The van der Waals surface area contributed by atoms with Crippen molar-refractivity contribution in [2.24, 2.45) is 5.41 Å². The van der Waals surface area contributed by atoms with E-state index >= 15 is 0 Å². The van der Waals surface area contributed by atoms with E-state index in [2.05, 4.69) is 43.7 Å². The molecule has 1 spiro atoms. The fourth-order valence-electron chi connectivity index (χ4n) is 5.29. The molecule has 1 unspecified atom stereocenters. The number of ether oxygens (including phenoxy) is 1. The summed E-state index contributed by atoms with van der Waals surface area (Å²) >= 11 is 1.42. The summed E-state index contributed by atoms with van der Waals surface area (Å²) in [5.41, 5.74) is 5.83. The average molecular weight is 560 g/mol. The summed E-state index contributed by atoms with van der Waals surface area (Å²) in [7, 11) is 0. The Labute approximate surface area is 236 Å². The van der Waals surface area contributed by atoms with Crippen molar-refractivity contribution in [3.05, 3.63) is 54.2 Å². The van der Waals surface area contributed by atoms with Crippen LogP contribution in [0.1, 0.15) is 44.2 Å². The van der Waals surface area contributed by atoms with Gasteiger partial charge >= 0.3 is 6.03 Å². The number of fused-ring (bicyclic) bond motifs is 1. The molecule has 10 nitrogen and oxygen atoms in total. The second kappa shape index (κ2) is 11.2. The number of anilines is 1. The largest absolute Gasteiger partial charge is 0.385 e. The first-order valence-electron chi connectivity index (χ1n) is 13.7. The molecule has 2 fully saturated rings. The van der Waals surface area contributed by atoms with Gasteiger partial charge < -0.3 is 15.2 Å². The van der Waals surface area contributed by atoms with Gasteiger partial charge in [0.25, 0.3) is 0 Å². The van der Waals surface area contributed by atoms with E-state index in [1.165, 1.54) is 29.7 Å². The van der Waals surface area contributed by atoms with Gasteiger partial charge in [0, 0.05) is 48.2 Å². The molecular weight excluding hydrogens is 526 g/mol. The van der Waals surface area contributed by atoms with Gasteiger partial charge in [0.2, 0.25) is 0 Å². The fraction of sp³-hybridized carbons (Fsp3) is 0.414. The van der Waals surface area contributed by atoms with Crippen LogP contribution in [0.2, 0.25) is 0 Å². The summed E-state index contributed by atoms with van der Waals surface area (Å²) in [6.07, 6.45) is 6.91. The first-order valence-corrected chi connectivity index (χ1v) is 14.5. The Morgan fingerprint density at radius 3 is 2.60 bits per heavy atom. The Kier molecular flexibility index (Phi) is 7.45. The van der Waals surface area contributed by atoms with Crippen LogP contribution in [0.25, 0.3) is 32.6 Å². The summed E-state index contributed by atoms with van der Waals surface area (Å²) in [4.78, 5) is 32.8. The first-order chi connectivity index (χ1) is 19.4. The molecule has 11 heteroatoms. The molecule has 2 aliphatic rings. The minimum absolute atomic E-state index is 0.290. The highest BCUT2D eigenvalue weighted by Gasteiger charge is 2.41. The average Bonchev–Trinajstić information content (AvgIpc) is 3.34. The quantitative estimate of drug-likeness (QED) is 0.300. The Hall–Kier alpha value is -3.51. The molecule has 5 heterocycles. The number of piperidine rings is 1. The lowest BCUT2D eigenvalue weighted by Gasteiger charge is -2.47. The third-order valence-electron chi connectivity index (χ3n) is 7.67. The number of nitrogens with zero attached hydrogens (tertiary/aromatic N) is 5. The maximum atomic E-state index is 12.2. The van der Waals surface area contributed by atoms with Gasteiger partial charge in [-0.1, -0.05) is 11.3 Å². The number of carbonyl (C=O) groups is 1. The minimum Gasteiger partial charge on any atom is -0.385 e. The van der Waals surface area contributed by atoms with Crippen molar-refractivity contribution in [1.29, 1.82) is 0 Å². The number of aliphatic hydroxyl groups excluding tert-OH is 1. The summed E-state index contributed by atoms with van der Waals surface area (Å²) < 4.78 is 6.42. The molecule has 208 valence electrons. The minimum atomic E-state index is -0.743. The predicted octanol–water partition coefficient (Wildman–Crippen LogP) is 4.62. The number of hydrogen-bond acceptors (Lipinski definition) is 9. The summed E-state index contributed by atoms with van der Waals surface area (Å²) in [6, 6.07) is 7.99. The Bertz CT molecular complexity index is 1510. The zero-order valence-corrected chi connectivity index (χ0v) is 23.5. The number of pyridine rings is 1. The molecule has 0 aliphatic carbocycles. The highest BCUT2D eigenvalue weighted by molar-refractivity contribution is 7.22. The fourth-order valence-corrected chi connectivity index (χ4v) is 6.25. The van der Waals surface area contributed by atoms with Crippen LogP contribution >= 0.6 is 11.3 Å². The van der Waals surface area contributed by atoms with E-state index in [4.69, 9.17) is 14.7 Å². The molecule has 6 rings (SSSR count). The summed E-state index contributed by atoms with van der Waals surface area (Å²) in [6.45, 7) is 8.87. The van der Waals surface area contributed by atoms with Crippen LogP contribution in [0.4, 0.5) is 9.93 Å². The number of hydrogen-bond donors (Lipinski definition) is 3. The lowest BCUT2D eigenvalue weighted by molar-refractivity contribution is -0.140. The Balaban J connectivity index is 1.34. The zero-order chi connectivity index (χ0) is 27.7. The third kappa shape index (κ3) is 5.55. The highest BCUT2D eigenvalue weighted by Crippen LogP contribution is 2.40. The van der Waals surface area contributed by atoms with Gasteiger partial charge in [-0.3, -0.25) is 15.2 Å². The second-order valence-electron chi connectivity index (χ2n) is 10.7. The van der Waals surface area contributed by atoms with Crippen LogP contribution < -0.4 is 10.6 Å². The number of amides is 2. The number of benzene rings is 1. The summed E-state index contributed by atoms with van der Waals surface area (Å²) in [5, 5.41) is 15.9. The molecule has 1 atom stereocenters. The Morgan fingerprint density at radius 1 is 1.15 bits per heavy atom. The van der Waals surface area contributed by atoms with Gasteiger partial charge in [0.1, 0.15) is 6.10 Å². The number of nitrogens with one attached hydrogen (secondary N) is 2. The van der Waals surface area contributed by atoms with Crippen LogP contribution in [0.3, 0.4) is 0 Å². The Morgan fingerprint density at radius 2 is 1.93 bits per heavy atom. The van der Waals surface area contributed by atoms with E-state index < -0.39 is 6.10 Å². The molecule has 0 bridgehead atoms. The van der Waals surface area contributed by atoms with Crippen LogP contribution in [0.5, 0.6) is 0 Å². The van der Waals surface area contributed by atoms with Gasteiger partial charge in [0.15, 0.2) is 11.0 Å². The van der Waals surface area contributed by atoms with Crippen LogP contribution in [-0.4, -0.2) is 68.8 Å². The van der Waals surface area contributed by atoms with E-state index in [1.807, 2.05) is 19.2 Å². The molecule has 2 saturated heterocycles. The zero-order valence-electron chi connectivity index (χ0n) is 22.7. The topological polar surface area (TPSA) is 125 Å². The molecule has 0 saturated carbocycles. The van der Waals surface area contributed by atoms with E-state index in [0.717, 1.165) is 65.4 Å². The molecule has 3 aromatic heterocycles. The van der Waals surface area contributed by atoms with Crippen molar-refractivity contribution in [1.82, 2.24) is 30.2 Å². The predicted molar refractivity (Wildman–Crippen MR) is 155 cm³/mol. The van der Waals surface area contributed by atoms with Crippen molar-refractivity contribution in [2.45, 2.75) is 39.3 Å². The maximum absolute atomic E-state index is 12.2. The highest BCUT2D eigenvalue weighted by atomic mass is 32.1. The SMILES string of the molecule is CCNC(=O)Nc1nc2cc(-c3cnc(C(C)O)nc3)cc(-c3cc(CN4CCC5(CC4)COC5)ccn3)c2s1. The van der Waals surface area contributed by atoms with E-state index in [9.17, 15) is 9.90 Å². The van der Waals surface area contributed by atoms with Gasteiger partial charge in [-0.05, 0) is 75.2 Å². The molecule has 0 radical (unpaired) electrons. The maximum Gasteiger partial charge on any atom is 0.321 e. The van der Waals surface area contributed by atoms with Gasteiger partial charge in [-0.2, -0.15) is 0 Å². The van der Waals surface area contributed by atoms with Crippen LogP contribution in [0.15, 0.2) is 42.9 Å². The van der Waals surface area contributed by atoms with Crippen molar-refractivity contribution >= 4 is 32.7 Å². The number of likely N-dealkylation sites (tertiary alicyclic amines) is 1. The smallest absolute Gasteiger partial charge is 0.321 e. The molecule has 1 aromatic carbocycles. The normalized spacial score (nSPS) is 17.5. The molecule has 2 aliphatic heterocycles. The molecule has 4 aromatic rings. The number of rotatable bonds is 7. The van der Waals surface area contributed by atoms with Gasteiger partial charge in [-0.15, -0.1) is 0 Å². The standard InChI is InChI=1S/C29H33N7O3S/c1-3-30-27(38)35-28-34-24-12-20(21-13-32-26(18(2)37)33-14-21)11-22(25(24)40-28)23-10-19(4-7-31-23)15-36-8-5-29(6-9-36)16-39-17-29/h4,7,10-14,18,37H,3,5-6,8-9,15-17H2,1-2H3,(H2,30,34,35,38). The lowest BCUT2D eigenvalue weighted by Crippen LogP contribution is -2.50.